The Morgan fingerprint density at radius 1 is 0.822 bits per heavy atom. The molecule has 0 saturated carbocycles. The van der Waals surface area contributed by atoms with Crippen molar-refractivity contribution in [2.24, 2.45) is 0 Å². The van der Waals surface area contributed by atoms with Gasteiger partial charge in [-0.3, -0.25) is 13.9 Å². The number of rotatable bonds is 14. The summed E-state index contributed by atoms with van der Waals surface area (Å²) in [5.74, 6) is -1.33. The second-order valence-electron chi connectivity index (χ2n) is 11.0. The average Bonchev–Trinajstić information content (AvgIpc) is 3.04. The Labute approximate surface area is 265 Å². The molecular formula is C36H40FN3O4S. The second-order valence-corrected chi connectivity index (χ2v) is 12.9. The van der Waals surface area contributed by atoms with Gasteiger partial charge in [-0.1, -0.05) is 86.1 Å². The molecule has 7 nitrogen and oxygen atoms in total. The zero-order valence-corrected chi connectivity index (χ0v) is 26.8. The Bertz CT molecular complexity index is 1680. The van der Waals surface area contributed by atoms with E-state index in [9.17, 15) is 22.4 Å². The first-order valence-corrected chi connectivity index (χ1v) is 16.6. The molecule has 1 atom stereocenters. The number of aryl methyl sites for hydroxylation is 1. The van der Waals surface area contributed by atoms with Crippen molar-refractivity contribution in [2.75, 3.05) is 17.4 Å². The van der Waals surface area contributed by atoms with E-state index in [1.165, 1.54) is 29.2 Å². The van der Waals surface area contributed by atoms with Gasteiger partial charge in [-0.15, -0.1) is 0 Å². The molecule has 236 valence electrons. The minimum Gasteiger partial charge on any atom is -0.354 e. The SMILES string of the molecule is CCCCNC(=O)[C@H](Cc1ccccc1)N(Cc1ccc(F)cc1)C(=O)CN(c1cccc(C)c1C)S(=O)(=O)c1ccccc1. The summed E-state index contributed by atoms with van der Waals surface area (Å²) in [5, 5.41) is 2.97. The molecule has 4 aromatic carbocycles. The molecule has 0 unspecified atom stereocenters. The first-order chi connectivity index (χ1) is 21.6. The number of nitrogens with one attached hydrogen (secondary N) is 1. The largest absolute Gasteiger partial charge is 0.354 e. The topological polar surface area (TPSA) is 86.8 Å². The Hall–Kier alpha value is -4.50. The molecule has 0 heterocycles. The Morgan fingerprint density at radius 2 is 1.47 bits per heavy atom. The average molecular weight is 630 g/mol. The fourth-order valence-corrected chi connectivity index (χ4v) is 6.58. The third-order valence-electron chi connectivity index (χ3n) is 7.82. The molecule has 0 aromatic heterocycles. The van der Waals surface area contributed by atoms with Gasteiger partial charge in [0, 0.05) is 19.5 Å². The number of halogens is 1. The summed E-state index contributed by atoms with van der Waals surface area (Å²) in [5.41, 5.74) is 3.41. The van der Waals surface area contributed by atoms with Gasteiger partial charge >= 0.3 is 0 Å². The predicted molar refractivity (Wildman–Crippen MR) is 176 cm³/mol. The van der Waals surface area contributed by atoms with Crippen LogP contribution < -0.4 is 9.62 Å². The van der Waals surface area contributed by atoms with Crippen LogP contribution in [-0.4, -0.2) is 44.3 Å². The molecule has 0 radical (unpaired) electrons. The molecule has 0 aliphatic carbocycles. The monoisotopic (exact) mass is 629 g/mol. The van der Waals surface area contributed by atoms with Crippen LogP contribution >= 0.6 is 0 Å². The number of amides is 2. The molecule has 0 aliphatic heterocycles. The van der Waals surface area contributed by atoms with E-state index in [0.29, 0.717) is 23.4 Å². The number of benzene rings is 4. The number of carbonyl (C=O) groups is 2. The van der Waals surface area contributed by atoms with Gasteiger partial charge in [-0.2, -0.15) is 0 Å². The highest BCUT2D eigenvalue weighted by Gasteiger charge is 2.35. The Balaban J connectivity index is 1.81. The van der Waals surface area contributed by atoms with Crippen molar-refractivity contribution >= 4 is 27.5 Å². The molecule has 9 heteroatoms. The van der Waals surface area contributed by atoms with E-state index in [1.54, 1.807) is 42.5 Å². The smallest absolute Gasteiger partial charge is 0.264 e. The van der Waals surface area contributed by atoms with Crippen molar-refractivity contribution in [3.8, 4) is 0 Å². The van der Waals surface area contributed by atoms with Crippen LogP contribution in [0.5, 0.6) is 0 Å². The van der Waals surface area contributed by atoms with Crippen LogP contribution in [0, 0.1) is 19.7 Å². The van der Waals surface area contributed by atoms with Crippen molar-refractivity contribution in [3.63, 3.8) is 0 Å². The van der Waals surface area contributed by atoms with Gasteiger partial charge < -0.3 is 10.2 Å². The lowest BCUT2D eigenvalue weighted by atomic mass is 10.0. The minimum absolute atomic E-state index is 0.0240. The highest BCUT2D eigenvalue weighted by atomic mass is 32.2. The summed E-state index contributed by atoms with van der Waals surface area (Å²) >= 11 is 0. The number of sulfonamides is 1. The number of hydrogen-bond acceptors (Lipinski definition) is 4. The molecule has 0 fully saturated rings. The lowest BCUT2D eigenvalue weighted by Crippen LogP contribution is -2.53. The molecule has 2 amide bonds. The standard InChI is InChI=1S/C36H40FN3O4S/c1-4-5-23-38-36(42)34(24-29-14-8-6-9-15-29)39(25-30-19-21-31(37)22-20-30)35(41)26-40(33-18-12-13-27(2)28(33)3)45(43,44)32-16-10-7-11-17-32/h6-22,34H,4-5,23-26H2,1-3H3,(H,38,42)/t34-/m0/s1. The van der Waals surface area contributed by atoms with Gasteiger partial charge in [-0.25, -0.2) is 12.8 Å². The van der Waals surface area contributed by atoms with E-state index in [2.05, 4.69) is 5.32 Å². The van der Waals surface area contributed by atoms with E-state index >= 15 is 0 Å². The van der Waals surface area contributed by atoms with Crippen molar-refractivity contribution in [3.05, 3.63) is 131 Å². The normalized spacial score (nSPS) is 11.9. The maximum atomic E-state index is 14.5. The summed E-state index contributed by atoms with van der Waals surface area (Å²) in [4.78, 5) is 29.8. The highest BCUT2D eigenvalue weighted by Crippen LogP contribution is 2.29. The first-order valence-electron chi connectivity index (χ1n) is 15.1. The van der Waals surface area contributed by atoms with Gasteiger partial charge in [0.1, 0.15) is 18.4 Å². The lowest BCUT2D eigenvalue weighted by molar-refractivity contribution is -0.140. The van der Waals surface area contributed by atoms with Crippen molar-refractivity contribution in [1.82, 2.24) is 10.2 Å². The minimum atomic E-state index is -4.19. The number of hydrogen-bond donors (Lipinski definition) is 1. The van der Waals surface area contributed by atoms with Gasteiger partial charge in [0.2, 0.25) is 11.8 Å². The third-order valence-corrected chi connectivity index (χ3v) is 9.60. The molecule has 4 rings (SSSR count). The van der Waals surface area contributed by atoms with E-state index in [1.807, 2.05) is 57.2 Å². The van der Waals surface area contributed by atoms with Crippen LogP contribution in [0.4, 0.5) is 10.1 Å². The molecule has 0 spiro atoms. The highest BCUT2D eigenvalue weighted by molar-refractivity contribution is 7.92. The van der Waals surface area contributed by atoms with Crippen LogP contribution in [0.2, 0.25) is 0 Å². The molecule has 4 aromatic rings. The zero-order chi connectivity index (χ0) is 32.4. The lowest BCUT2D eigenvalue weighted by Gasteiger charge is -2.34. The maximum absolute atomic E-state index is 14.5. The van der Waals surface area contributed by atoms with Crippen LogP contribution in [0.1, 0.15) is 42.0 Å². The molecule has 0 bridgehead atoms. The van der Waals surface area contributed by atoms with E-state index < -0.39 is 34.3 Å². The van der Waals surface area contributed by atoms with Gasteiger partial charge in [0.15, 0.2) is 0 Å². The van der Waals surface area contributed by atoms with Crippen LogP contribution in [-0.2, 0) is 32.6 Å². The second kappa shape index (κ2) is 15.5. The zero-order valence-electron chi connectivity index (χ0n) is 25.9. The van der Waals surface area contributed by atoms with Crippen LogP contribution in [0.25, 0.3) is 0 Å². The van der Waals surface area contributed by atoms with Crippen molar-refractivity contribution in [2.45, 2.75) is 57.5 Å². The summed E-state index contributed by atoms with van der Waals surface area (Å²) in [6.45, 7) is 5.59. The molecule has 0 saturated heterocycles. The predicted octanol–water partition coefficient (Wildman–Crippen LogP) is 6.19. The first kappa shape index (κ1) is 33.4. The van der Waals surface area contributed by atoms with Crippen molar-refractivity contribution < 1.29 is 22.4 Å². The fraction of sp³-hybridized carbons (Fsp3) is 0.278. The van der Waals surface area contributed by atoms with Gasteiger partial charge in [-0.05, 0) is 72.9 Å². The van der Waals surface area contributed by atoms with E-state index in [0.717, 1.165) is 28.3 Å². The molecule has 1 N–H and O–H groups in total. The molecule has 45 heavy (non-hydrogen) atoms. The van der Waals surface area contributed by atoms with E-state index in [4.69, 9.17) is 0 Å². The molecule has 0 aliphatic rings. The Morgan fingerprint density at radius 3 is 2.11 bits per heavy atom. The summed E-state index contributed by atoms with van der Waals surface area (Å²) < 4.78 is 43.3. The van der Waals surface area contributed by atoms with Crippen LogP contribution in [0.3, 0.4) is 0 Å². The Kier molecular flexibility index (Phi) is 11.5. The number of carbonyl (C=O) groups excluding carboxylic acids is 2. The van der Waals surface area contributed by atoms with Gasteiger partial charge in [0.05, 0.1) is 10.6 Å². The van der Waals surface area contributed by atoms with Crippen LogP contribution in [0.15, 0.2) is 108 Å². The maximum Gasteiger partial charge on any atom is 0.264 e. The third kappa shape index (κ3) is 8.57. The summed E-state index contributed by atoms with van der Waals surface area (Å²) in [6.07, 6.45) is 1.86. The fourth-order valence-electron chi connectivity index (χ4n) is 5.09. The van der Waals surface area contributed by atoms with Crippen molar-refractivity contribution in [1.29, 1.82) is 0 Å². The molecular weight excluding hydrogens is 589 g/mol. The van der Waals surface area contributed by atoms with Gasteiger partial charge in [0.25, 0.3) is 10.0 Å². The number of nitrogens with zero attached hydrogens (tertiary/aromatic N) is 2. The number of anilines is 1. The quantitative estimate of drug-likeness (QED) is 0.169. The summed E-state index contributed by atoms with van der Waals surface area (Å²) in [7, 11) is -4.19. The number of unbranched alkanes of at least 4 members (excludes halogenated alkanes) is 1. The summed E-state index contributed by atoms with van der Waals surface area (Å²) in [6, 6.07) is 27.4. The van der Waals surface area contributed by atoms with E-state index in [-0.39, 0.29) is 23.8 Å².